The van der Waals surface area contributed by atoms with Crippen molar-refractivity contribution in [2.75, 3.05) is 30.5 Å². The number of hydrogen-bond donors (Lipinski definition) is 2. The first kappa shape index (κ1) is 23.7. The molecule has 5 rings (SSSR count). The predicted molar refractivity (Wildman–Crippen MR) is 136 cm³/mol. The highest BCUT2D eigenvalue weighted by Gasteiger charge is 2.25. The lowest BCUT2D eigenvalue weighted by atomic mass is 10.1. The molecule has 0 aromatic carbocycles. The van der Waals surface area contributed by atoms with E-state index in [0.29, 0.717) is 49.2 Å². The van der Waals surface area contributed by atoms with Crippen LogP contribution in [0.5, 0.6) is 0 Å². The average molecular weight is 507 g/mol. The summed E-state index contributed by atoms with van der Waals surface area (Å²) >= 11 is 6.59. The molecule has 1 aliphatic rings. The molecule has 0 unspecified atom stereocenters. The molecule has 0 bridgehead atoms. The van der Waals surface area contributed by atoms with Gasteiger partial charge >= 0.3 is 5.97 Å². The van der Waals surface area contributed by atoms with Crippen molar-refractivity contribution in [3.05, 3.63) is 80.5 Å². The second kappa shape index (κ2) is 9.56. The number of rotatable bonds is 7. The number of carboxylic acids is 1. The van der Waals surface area contributed by atoms with Crippen molar-refractivity contribution in [2.45, 2.75) is 20.0 Å². The Morgan fingerprint density at radius 2 is 2.11 bits per heavy atom. The number of carboxylic acid groups (broad SMARTS) is 1. The molecule has 5 heterocycles. The number of pyridine rings is 4. The predicted octanol–water partition coefficient (Wildman–Crippen LogP) is 3.41. The largest absolute Gasteiger partial charge is 0.477 e. The molecule has 10 nitrogen and oxygen atoms in total. The van der Waals surface area contributed by atoms with Crippen LogP contribution < -0.4 is 15.6 Å². The van der Waals surface area contributed by atoms with Crippen molar-refractivity contribution in [1.29, 1.82) is 0 Å². The number of carbonyl (C=O) groups is 1. The molecule has 0 spiro atoms. The summed E-state index contributed by atoms with van der Waals surface area (Å²) in [6, 6.07) is 7.22. The van der Waals surface area contributed by atoms with Crippen LogP contribution in [0.3, 0.4) is 0 Å². The smallest absolute Gasteiger partial charge is 0.341 e. The van der Waals surface area contributed by atoms with Gasteiger partial charge in [0.2, 0.25) is 5.43 Å². The van der Waals surface area contributed by atoms with E-state index in [1.54, 1.807) is 24.1 Å². The summed E-state index contributed by atoms with van der Waals surface area (Å²) in [6.45, 7) is 4.08. The van der Waals surface area contributed by atoms with Gasteiger partial charge in [-0.2, -0.15) is 0 Å². The second-order valence-corrected chi connectivity index (χ2v) is 8.86. The highest BCUT2D eigenvalue weighted by atomic mass is 35.5. The van der Waals surface area contributed by atoms with Crippen molar-refractivity contribution < 1.29 is 14.6 Å². The Balaban J connectivity index is 1.66. The monoisotopic (exact) mass is 506 g/mol. The molecule has 4 aromatic heterocycles. The highest BCUT2D eigenvalue weighted by Crippen LogP contribution is 2.33. The van der Waals surface area contributed by atoms with Gasteiger partial charge in [0.25, 0.3) is 0 Å². The molecule has 184 valence electrons. The number of hydrogen-bond acceptors (Lipinski definition) is 8. The maximum absolute atomic E-state index is 13.0. The molecule has 0 saturated carbocycles. The first-order valence-corrected chi connectivity index (χ1v) is 11.6. The molecule has 0 saturated heterocycles. The van der Waals surface area contributed by atoms with Crippen LogP contribution >= 0.6 is 11.6 Å². The van der Waals surface area contributed by atoms with Crippen LogP contribution in [-0.4, -0.2) is 50.9 Å². The summed E-state index contributed by atoms with van der Waals surface area (Å²) in [6.07, 6.45) is 4.65. The van der Waals surface area contributed by atoms with Crippen molar-refractivity contribution in [1.82, 2.24) is 19.5 Å². The average Bonchev–Trinajstić information content (AvgIpc) is 3.29. The van der Waals surface area contributed by atoms with Crippen LogP contribution in [0.4, 0.5) is 11.6 Å². The van der Waals surface area contributed by atoms with Gasteiger partial charge in [0.05, 0.1) is 41.1 Å². The Bertz CT molecular complexity index is 1530. The molecule has 0 fully saturated rings. The van der Waals surface area contributed by atoms with E-state index < -0.39 is 11.4 Å². The summed E-state index contributed by atoms with van der Waals surface area (Å²) in [5.74, 6) is -0.196. The van der Waals surface area contributed by atoms with Crippen molar-refractivity contribution in [2.24, 2.45) is 0 Å². The van der Waals surface area contributed by atoms with E-state index in [2.05, 4.69) is 15.3 Å². The van der Waals surface area contributed by atoms with E-state index in [1.807, 2.05) is 30.0 Å². The number of ether oxygens (including phenoxy) is 1. The summed E-state index contributed by atoms with van der Waals surface area (Å²) in [5.41, 5.74) is 2.67. The maximum Gasteiger partial charge on any atom is 0.341 e. The molecule has 36 heavy (non-hydrogen) atoms. The van der Waals surface area contributed by atoms with E-state index in [0.717, 1.165) is 16.8 Å². The zero-order valence-electron chi connectivity index (χ0n) is 19.7. The number of anilines is 2. The van der Waals surface area contributed by atoms with Crippen molar-refractivity contribution >= 4 is 40.2 Å². The number of methoxy groups -OCH3 is 1. The van der Waals surface area contributed by atoms with Crippen LogP contribution in [0, 0.1) is 6.92 Å². The summed E-state index contributed by atoms with van der Waals surface area (Å²) in [4.78, 5) is 40.6. The SMILES string of the molecule is COCCNc1cc(C)c(-n2cc(C(=O)O)c(=O)c3cc(Cl)c(N4Cc5cccnc5C4)nc32)cn1. The Hall–Kier alpha value is -4.02. The molecule has 0 radical (unpaired) electrons. The van der Waals surface area contributed by atoms with E-state index >= 15 is 0 Å². The summed E-state index contributed by atoms with van der Waals surface area (Å²) in [7, 11) is 1.62. The maximum atomic E-state index is 13.0. The number of nitrogens with one attached hydrogen (secondary N) is 1. The lowest BCUT2D eigenvalue weighted by Gasteiger charge is -2.20. The summed E-state index contributed by atoms with van der Waals surface area (Å²) in [5, 5.41) is 13.2. The van der Waals surface area contributed by atoms with Crippen LogP contribution in [0.15, 0.2) is 47.7 Å². The molecule has 0 aliphatic carbocycles. The van der Waals surface area contributed by atoms with Gasteiger partial charge in [-0.05, 0) is 36.2 Å². The lowest BCUT2D eigenvalue weighted by Crippen LogP contribution is -2.22. The van der Waals surface area contributed by atoms with Crippen LogP contribution in [0.25, 0.3) is 16.7 Å². The van der Waals surface area contributed by atoms with Gasteiger partial charge in [-0.3, -0.25) is 14.3 Å². The van der Waals surface area contributed by atoms with Gasteiger partial charge in [-0.1, -0.05) is 17.7 Å². The number of aromatic carboxylic acids is 1. The third kappa shape index (κ3) is 4.25. The molecule has 1 aliphatic heterocycles. The van der Waals surface area contributed by atoms with Gasteiger partial charge in [-0.15, -0.1) is 0 Å². The zero-order chi connectivity index (χ0) is 25.4. The van der Waals surface area contributed by atoms with E-state index in [1.165, 1.54) is 12.3 Å². The Kier molecular flexibility index (Phi) is 6.29. The quantitative estimate of drug-likeness (QED) is 0.363. The highest BCUT2D eigenvalue weighted by molar-refractivity contribution is 6.33. The van der Waals surface area contributed by atoms with Crippen LogP contribution in [-0.2, 0) is 17.8 Å². The number of fused-ring (bicyclic) bond motifs is 2. The molecule has 11 heteroatoms. The van der Waals surface area contributed by atoms with E-state index in [4.69, 9.17) is 21.3 Å². The molecular weight excluding hydrogens is 484 g/mol. The van der Waals surface area contributed by atoms with Crippen LogP contribution in [0.2, 0.25) is 5.02 Å². The number of aryl methyl sites for hydroxylation is 1. The summed E-state index contributed by atoms with van der Waals surface area (Å²) < 4.78 is 6.64. The third-order valence-corrected chi connectivity index (χ3v) is 6.36. The Morgan fingerprint density at radius 3 is 2.83 bits per heavy atom. The molecule has 4 aromatic rings. The van der Waals surface area contributed by atoms with Gasteiger partial charge in [0.1, 0.15) is 11.4 Å². The molecule has 0 amide bonds. The normalized spacial score (nSPS) is 12.7. The Labute approximate surface area is 211 Å². The molecule has 2 N–H and O–H groups in total. The fraction of sp³-hybridized carbons (Fsp3) is 0.240. The van der Waals surface area contributed by atoms with Crippen molar-refractivity contribution in [3.63, 3.8) is 0 Å². The standard InChI is InChI=1S/C25H23ClN6O4/c1-14-8-21(28-6-7-36-2)29-10-20(14)32-12-17(25(34)35)22(33)16-9-18(26)24(30-23(16)32)31-11-15-4-3-5-27-19(15)13-31/h3-5,8-10,12H,6-7,11,13H2,1-2H3,(H,28,29)(H,34,35). The minimum Gasteiger partial charge on any atom is -0.477 e. The number of nitrogens with zero attached hydrogens (tertiary/aromatic N) is 5. The topological polar surface area (TPSA) is 122 Å². The van der Waals surface area contributed by atoms with Gasteiger partial charge < -0.3 is 20.1 Å². The van der Waals surface area contributed by atoms with E-state index in [9.17, 15) is 14.7 Å². The zero-order valence-corrected chi connectivity index (χ0v) is 20.4. The first-order valence-electron chi connectivity index (χ1n) is 11.2. The minimum atomic E-state index is -1.33. The molecule has 0 atom stereocenters. The second-order valence-electron chi connectivity index (χ2n) is 8.45. The third-order valence-electron chi connectivity index (χ3n) is 6.08. The van der Waals surface area contributed by atoms with Gasteiger partial charge in [0, 0.05) is 32.6 Å². The van der Waals surface area contributed by atoms with Crippen LogP contribution in [0.1, 0.15) is 27.2 Å². The Morgan fingerprint density at radius 1 is 1.28 bits per heavy atom. The molecular formula is C25H23ClN6O4. The lowest BCUT2D eigenvalue weighted by molar-refractivity contribution is 0.0695. The minimum absolute atomic E-state index is 0.111. The first-order chi connectivity index (χ1) is 17.4. The van der Waals surface area contributed by atoms with E-state index in [-0.39, 0.29) is 16.0 Å². The number of halogens is 1. The van der Waals surface area contributed by atoms with Crippen molar-refractivity contribution in [3.8, 4) is 5.69 Å². The number of aromatic nitrogens is 4. The van der Waals surface area contributed by atoms with Gasteiger partial charge in [-0.25, -0.2) is 14.8 Å². The fourth-order valence-electron chi connectivity index (χ4n) is 4.30. The fourth-order valence-corrected chi connectivity index (χ4v) is 4.57. The van der Waals surface area contributed by atoms with Gasteiger partial charge in [0.15, 0.2) is 11.5 Å².